The second kappa shape index (κ2) is 14.3. The molecule has 6 rings (SSSR count). The van der Waals surface area contributed by atoms with E-state index in [-0.39, 0.29) is 12.1 Å². The maximum atomic E-state index is 13.9. The molecule has 1 saturated carbocycles. The second-order valence-electron chi connectivity index (χ2n) is 11.1. The number of rotatable bonds is 10. The van der Waals surface area contributed by atoms with Gasteiger partial charge in [0.2, 0.25) is 11.1 Å². The monoisotopic (exact) mass is 708 g/mol. The fourth-order valence-corrected chi connectivity index (χ4v) is 7.38. The Hall–Kier alpha value is -3.47. The number of carbonyl (C=O) groups is 1. The number of hydrogen-bond donors (Lipinski definition) is 1. The molecule has 2 heterocycles. The van der Waals surface area contributed by atoms with Crippen LogP contribution in [-0.4, -0.2) is 33.9 Å². The summed E-state index contributed by atoms with van der Waals surface area (Å²) in [5, 5.41) is 9.45. The molecule has 2 aliphatic rings. The Labute approximate surface area is 280 Å². The highest BCUT2D eigenvalue weighted by atomic mass is 79.9. The van der Waals surface area contributed by atoms with E-state index < -0.39 is 6.04 Å². The molecular weight excluding hydrogens is 676 g/mol. The van der Waals surface area contributed by atoms with Crippen molar-refractivity contribution in [2.24, 2.45) is 0 Å². The quantitative estimate of drug-likeness (QED) is 0.129. The maximum absolute atomic E-state index is 13.9. The van der Waals surface area contributed by atoms with E-state index in [1.54, 1.807) is 11.8 Å². The van der Waals surface area contributed by atoms with Gasteiger partial charge in [0, 0.05) is 16.5 Å². The molecule has 1 fully saturated rings. The third-order valence-electron chi connectivity index (χ3n) is 7.99. The van der Waals surface area contributed by atoms with Gasteiger partial charge >= 0.3 is 5.97 Å². The van der Waals surface area contributed by atoms with Crippen LogP contribution in [0.1, 0.15) is 61.8 Å². The molecule has 0 bridgehead atoms. The van der Waals surface area contributed by atoms with Crippen molar-refractivity contribution in [1.82, 2.24) is 14.8 Å². The van der Waals surface area contributed by atoms with Gasteiger partial charge in [0.05, 0.1) is 17.2 Å². The highest BCUT2D eigenvalue weighted by Crippen LogP contribution is 2.44. The number of ether oxygens (including phenoxy) is 3. The van der Waals surface area contributed by atoms with Crippen LogP contribution in [0.25, 0.3) is 0 Å². The van der Waals surface area contributed by atoms with Crippen molar-refractivity contribution in [2.75, 3.05) is 12.4 Å². The number of fused-ring (bicyclic) bond motifs is 1. The predicted octanol–water partition coefficient (Wildman–Crippen LogP) is 8.74. The van der Waals surface area contributed by atoms with Crippen LogP contribution in [0.3, 0.4) is 0 Å². The number of carbonyl (C=O) groups excluding carboxylic acids is 1. The first-order chi connectivity index (χ1) is 21.9. The molecule has 1 atom stereocenters. The van der Waals surface area contributed by atoms with E-state index in [9.17, 15) is 4.79 Å². The lowest BCUT2D eigenvalue weighted by Gasteiger charge is -2.30. The van der Waals surface area contributed by atoms with E-state index in [2.05, 4.69) is 21.2 Å². The minimum absolute atomic E-state index is 0.0962. The number of halogens is 2. The molecule has 0 radical (unpaired) electrons. The lowest BCUT2D eigenvalue weighted by atomic mass is 9.94. The number of esters is 1. The van der Waals surface area contributed by atoms with Gasteiger partial charge in [0.25, 0.3) is 0 Å². The fourth-order valence-electron chi connectivity index (χ4n) is 5.69. The number of anilines is 1. The lowest BCUT2D eigenvalue weighted by molar-refractivity contribution is -0.146. The topological polar surface area (TPSA) is 87.5 Å². The number of aromatic nitrogens is 3. The van der Waals surface area contributed by atoms with E-state index in [0.29, 0.717) is 55.7 Å². The Morgan fingerprint density at radius 1 is 1.09 bits per heavy atom. The number of methoxy groups -OCH3 is 1. The first kappa shape index (κ1) is 31.5. The summed E-state index contributed by atoms with van der Waals surface area (Å²) in [6, 6.07) is 20.9. The summed E-state index contributed by atoms with van der Waals surface area (Å²) in [6.45, 7) is 2.25. The van der Waals surface area contributed by atoms with Crippen molar-refractivity contribution >= 4 is 51.2 Å². The standard InChI is InChI=1S/C34H34BrClN4O4S/c1-21-29(32(41)44-25-14-7-4-8-15-25)30(40-33(37-21)38-34(39-40)45-20-23-13-9-10-16-27(23)36)24-17-26(35)31(28(18-24)42-2)43-19-22-11-5-3-6-12-22/h3,5-6,9-13,16-18,25,30H,4,7-8,14-15,19-20H2,1-2H3,(H,37,38,39). The summed E-state index contributed by atoms with van der Waals surface area (Å²) in [5.41, 5.74) is 3.95. The average molecular weight is 710 g/mol. The molecule has 3 aromatic carbocycles. The molecule has 1 aliphatic heterocycles. The van der Waals surface area contributed by atoms with Gasteiger partial charge in [0.1, 0.15) is 18.8 Å². The highest BCUT2D eigenvalue weighted by molar-refractivity contribution is 9.10. The third kappa shape index (κ3) is 7.18. The normalized spacial score (nSPS) is 16.6. The largest absolute Gasteiger partial charge is 0.493 e. The number of hydrogen-bond acceptors (Lipinski definition) is 8. The minimum atomic E-state index is -0.618. The van der Waals surface area contributed by atoms with Crippen LogP contribution in [0.2, 0.25) is 5.02 Å². The van der Waals surface area contributed by atoms with Gasteiger partial charge in [-0.1, -0.05) is 78.3 Å². The Balaban J connectivity index is 1.35. The van der Waals surface area contributed by atoms with Crippen LogP contribution in [0.5, 0.6) is 11.5 Å². The summed E-state index contributed by atoms with van der Waals surface area (Å²) in [4.78, 5) is 18.7. The molecule has 1 aromatic heterocycles. The van der Waals surface area contributed by atoms with E-state index in [1.165, 1.54) is 18.2 Å². The second-order valence-corrected chi connectivity index (χ2v) is 13.3. The number of allylic oxidation sites excluding steroid dienone is 1. The first-order valence-electron chi connectivity index (χ1n) is 15.0. The van der Waals surface area contributed by atoms with Crippen molar-refractivity contribution in [3.63, 3.8) is 0 Å². The summed E-state index contributed by atoms with van der Waals surface area (Å²) >= 11 is 11.6. The van der Waals surface area contributed by atoms with Crippen molar-refractivity contribution < 1.29 is 19.0 Å². The van der Waals surface area contributed by atoms with E-state index in [0.717, 1.165) is 42.4 Å². The smallest absolute Gasteiger partial charge is 0.338 e. The maximum Gasteiger partial charge on any atom is 0.338 e. The molecule has 0 saturated heterocycles. The molecule has 11 heteroatoms. The van der Waals surface area contributed by atoms with Crippen molar-refractivity contribution in [3.05, 3.63) is 104 Å². The summed E-state index contributed by atoms with van der Waals surface area (Å²) in [6.07, 6.45) is 4.95. The van der Waals surface area contributed by atoms with Crippen molar-refractivity contribution in [2.45, 2.75) is 68.7 Å². The molecule has 45 heavy (non-hydrogen) atoms. The van der Waals surface area contributed by atoms with Crippen LogP contribution in [0, 0.1) is 0 Å². The molecule has 234 valence electrons. The van der Waals surface area contributed by atoms with Crippen molar-refractivity contribution in [3.8, 4) is 11.5 Å². The first-order valence-corrected chi connectivity index (χ1v) is 17.1. The van der Waals surface area contributed by atoms with E-state index in [1.807, 2.05) is 73.7 Å². The lowest BCUT2D eigenvalue weighted by Crippen LogP contribution is -2.32. The van der Waals surface area contributed by atoms with Crippen LogP contribution in [0.15, 0.2) is 87.6 Å². The minimum Gasteiger partial charge on any atom is -0.493 e. The Kier molecular flexibility index (Phi) is 10.0. The number of nitrogens with zero attached hydrogens (tertiary/aromatic N) is 3. The fraction of sp³-hybridized carbons (Fsp3) is 0.324. The Morgan fingerprint density at radius 2 is 1.84 bits per heavy atom. The van der Waals surface area contributed by atoms with Gasteiger partial charge in [-0.05, 0) is 83.4 Å². The molecule has 4 aromatic rings. The Bertz CT molecular complexity index is 1710. The summed E-state index contributed by atoms with van der Waals surface area (Å²) in [7, 11) is 1.60. The Morgan fingerprint density at radius 3 is 2.60 bits per heavy atom. The molecule has 1 aliphatic carbocycles. The summed E-state index contributed by atoms with van der Waals surface area (Å²) in [5.74, 6) is 1.88. The van der Waals surface area contributed by atoms with Gasteiger partial charge in [-0.15, -0.1) is 5.10 Å². The van der Waals surface area contributed by atoms with Crippen LogP contribution in [-0.2, 0) is 21.9 Å². The van der Waals surface area contributed by atoms with Gasteiger partial charge in [-0.3, -0.25) is 0 Å². The van der Waals surface area contributed by atoms with Crippen LogP contribution < -0.4 is 14.8 Å². The zero-order valence-corrected chi connectivity index (χ0v) is 28.3. The number of thioether (sulfide) groups is 1. The van der Waals surface area contributed by atoms with Gasteiger partial charge in [-0.2, -0.15) is 4.98 Å². The third-order valence-corrected chi connectivity index (χ3v) is 9.83. The highest BCUT2D eigenvalue weighted by Gasteiger charge is 2.37. The molecule has 0 spiro atoms. The van der Waals surface area contributed by atoms with Crippen molar-refractivity contribution in [1.29, 1.82) is 0 Å². The molecule has 1 N–H and O–H groups in total. The van der Waals surface area contributed by atoms with Gasteiger partial charge in [-0.25, -0.2) is 9.48 Å². The van der Waals surface area contributed by atoms with E-state index >= 15 is 0 Å². The number of benzene rings is 3. The molecular formula is C34H34BrClN4O4S. The summed E-state index contributed by atoms with van der Waals surface area (Å²) < 4.78 is 20.6. The number of nitrogens with one attached hydrogen (secondary N) is 1. The van der Waals surface area contributed by atoms with Gasteiger partial charge in [0.15, 0.2) is 11.5 Å². The molecule has 1 unspecified atom stereocenters. The zero-order valence-electron chi connectivity index (χ0n) is 25.1. The molecule has 8 nitrogen and oxygen atoms in total. The average Bonchev–Trinajstić information content (AvgIpc) is 3.46. The predicted molar refractivity (Wildman–Crippen MR) is 180 cm³/mol. The van der Waals surface area contributed by atoms with Gasteiger partial charge < -0.3 is 19.5 Å². The van der Waals surface area contributed by atoms with E-state index in [4.69, 9.17) is 35.9 Å². The zero-order chi connectivity index (χ0) is 31.3. The SMILES string of the molecule is COc1cc(C2C(C(=O)OC3CCCCC3)=C(C)Nc3nc(SCc4ccccc4Cl)nn32)cc(Br)c1OCc1ccccc1. The molecule has 0 amide bonds. The van der Waals surface area contributed by atoms with Crippen LogP contribution in [0.4, 0.5) is 5.95 Å². The van der Waals surface area contributed by atoms with Crippen LogP contribution >= 0.6 is 39.3 Å².